The number of carbonyl (C=O) groups is 2. The molecule has 82 valence electrons. The number of ketones is 2. The SMILES string of the molecule is COc1ccc2c(c1)C(=O)C([N+](=O)[O-])C2=O. The van der Waals surface area contributed by atoms with Gasteiger partial charge in [0.15, 0.2) is 0 Å². The molecule has 0 saturated carbocycles. The molecule has 6 nitrogen and oxygen atoms in total. The van der Waals surface area contributed by atoms with Crippen molar-refractivity contribution in [3.63, 3.8) is 0 Å². The van der Waals surface area contributed by atoms with Crippen LogP contribution < -0.4 is 4.74 Å². The number of fused-ring (bicyclic) bond motifs is 1. The van der Waals surface area contributed by atoms with Gasteiger partial charge in [-0.25, -0.2) is 0 Å². The van der Waals surface area contributed by atoms with Crippen molar-refractivity contribution in [3.8, 4) is 5.75 Å². The van der Waals surface area contributed by atoms with Crippen LogP contribution in [-0.2, 0) is 0 Å². The van der Waals surface area contributed by atoms with Crippen LogP contribution in [0.4, 0.5) is 0 Å². The average Bonchev–Trinajstić information content (AvgIpc) is 2.51. The number of benzene rings is 1. The highest BCUT2D eigenvalue weighted by Crippen LogP contribution is 2.27. The fraction of sp³-hybridized carbons (Fsp3) is 0.200. The van der Waals surface area contributed by atoms with Crippen LogP contribution in [0, 0.1) is 10.1 Å². The molecule has 0 bridgehead atoms. The molecule has 1 aliphatic rings. The van der Waals surface area contributed by atoms with E-state index >= 15 is 0 Å². The minimum Gasteiger partial charge on any atom is -0.497 e. The smallest absolute Gasteiger partial charge is 0.336 e. The minimum atomic E-state index is -1.79. The van der Waals surface area contributed by atoms with Gasteiger partial charge in [0.25, 0.3) is 0 Å². The highest BCUT2D eigenvalue weighted by Gasteiger charge is 2.47. The topological polar surface area (TPSA) is 86.5 Å². The third-order valence-corrected chi connectivity index (χ3v) is 2.47. The maximum Gasteiger partial charge on any atom is 0.336 e. The van der Waals surface area contributed by atoms with Crippen LogP contribution in [0.25, 0.3) is 0 Å². The van der Waals surface area contributed by atoms with E-state index in [-0.39, 0.29) is 11.1 Å². The molecule has 0 amide bonds. The van der Waals surface area contributed by atoms with E-state index in [1.54, 1.807) is 0 Å². The Hall–Kier alpha value is -2.24. The number of hydrogen-bond acceptors (Lipinski definition) is 5. The number of nitrogens with zero attached hydrogens (tertiary/aromatic N) is 1. The van der Waals surface area contributed by atoms with E-state index in [4.69, 9.17) is 4.74 Å². The van der Waals surface area contributed by atoms with Gasteiger partial charge in [0.05, 0.1) is 7.11 Å². The molecule has 0 heterocycles. The van der Waals surface area contributed by atoms with Crippen LogP contribution in [0.5, 0.6) is 5.75 Å². The molecule has 0 aromatic heterocycles. The van der Waals surface area contributed by atoms with Gasteiger partial charge in [-0.15, -0.1) is 0 Å². The summed E-state index contributed by atoms with van der Waals surface area (Å²) in [4.78, 5) is 32.9. The zero-order valence-electron chi connectivity index (χ0n) is 8.30. The van der Waals surface area contributed by atoms with Crippen molar-refractivity contribution in [1.82, 2.24) is 0 Å². The second-order valence-electron chi connectivity index (χ2n) is 3.33. The zero-order valence-corrected chi connectivity index (χ0v) is 8.30. The van der Waals surface area contributed by atoms with Gasteiger partial charge in [-0.05, 0) is 18.2 Å². The third kappa shape index (κ3) is 1.27. The normalized spacial score (nSPS) is 18.4. The lowest BCUT2D eigenvalue weighted by Gasteiger charge is -2.00. The quantitative estimate of drug-likeness (QED) is 0.417. The summed E-state index contributed by atoms with van der Waals surface area (Å²) < 4.78 is 4.89. The molecular weight excluding hydrogens is 214 g/mol. The van der Waals surface area contributed by atoms with Gasteiger partial charge in [0.2, 0.25) is 11.6 Å². The largest absolute Gasteiger partial charge is 0.497 e. The summed E-state index contributed by atoms with van der Waals surface area (Å²) in [5.41, 5.74) is 0.151. The highest BCUT2D eigenvalue weighted by molar-refractivity contribution is 6.28. The maximum atomic E-state index is 11.6. The first kappa shape index (κ1) is 10.3. The van der Waals surface area contributed by atoms with Crippen LogP contribution in [0.3, 0.4) is 0 Å². The Bertz CT molecular complexity index is 508. The second-order valence-corrected chi connectivity index (χ2v) is 3.33. The van der Waals surface area contributed by atoms with Crippen molar-refractivity contribution in [2.45, 2.75) is 6.04 Å². The molecule has 16 heavy (non-hydrogen) atoms. The van der Waals surface area contributed by atoms with Gasteiger partial charge >= 0.3 is 6.04 Å². The van der Waals surface area contributed by atoms with E-state index < -0.39 is 22.5 Å². The van der Waals surface area contributed by atoms with Crippen molar-refractivity contribution < 1.29 is 19.2 Å². The van der Waals surface area contributed by atoms with Gasteiger partial charge in [0, 0.05) is 16.1 Å². The van der Waals surface area contributed by atoms with Crippen molar-refractivity contribution in [2.75, 3.05) is 7.11 Å². The zero-order chi connectivity index (χ0) is 11.9. The number of methoxy groups -OCH3 is 1. The molecule has 1 aromatic rings. The lowest BCUT2D eigenvalue weighted by Crippen LogP contribution is -2.31. The van der Waals surface area contributed by atoms with Crippen LogP contribution in [-0.4, -0.2) is 29.6 Å². The lowest BCUT2D eigenvalue weighted by molar-refractivity contribution is -0.488. The van der Waals surface area contributed by atoms with Gasteiger partial charge in [0.1, 0.15) is 5.75 Å². The summed E-state index contributed by atoms with van der Waals surface area (Å²) in [6.45, 7) is 0. The summed E-state index contributed by atoms with van der Waals surface area (Å²) in [5.74, 6) is -1.14. The monoisotopic (exact) mass is 221 g/mol. The molecule has 0 aliphatic heterocycles. The Morgan fingerprint density at radius 3 is 2.44 bits per heavy atom. The van der Waals surface area contributed by atoms with Gasteiger partial charge in [-0.2, -0.15) is 0 Å². The van der Waals surface area contributed by atoms with E-state index in [0.717, 1.165) is 0 Å². The van der Waals surface area contributed by atoms with E-state index in [9.17, 15) is 19.7 Å². The van der Waals surface area contributed by atoms with E-state index in [2.05, 4.69) is 0 Å². The van der Waals surface area contributed by atoms with Crippen LogP contribution in [0.2, 0.25) is 0 Å². The fourth-order valence-corrected chi connectivity index (χ4v) is 1.67. The predicted octanol–water partition coefficient (Wildman–Crippen LogP) is 0.719. The summed E-state index contributed by atoms with van der Waals surface area (Å²) in [6.07, 6.45) is 0. The number of rotatable bonds is 2. The summed E-state index contributed by atoms with van der Waals surface area (Å²) in [6, 6.07) is 2.42. The Morgan fingerprint density at radius 1 is 1.25 bits per heavy atom. The van der Waals surface area contributed by atoms with Gasteiger partial charge < -0.3 is 4.74 Å². The van der Waals surface area contributed by atoms with Crippen LogP contribution in [0.15, 0.2) is 18.2 Å². The van der Waals surface area contributed by atoms with Gasteiger partial charge in [-0.1, -0.05) is 0 Å². The standard InChI is InChI=1S/C10H7NO5/c1-16-5-2-3-6-7(4-5)10(13)8(9(6)12)11(14)15/h2-4,8H,1H3. The number of nitro groups is 1. The molecule has 1 aliphatic carbocycles. The summed E-state index contributed by atoms with van der Waals surface area (Å²) >= 11 is 0. The number of hydrogen-bond donors (Lipinski definition) is 0. The minimum absolute atomic E-state index is 0.0612. The van der Waals surface area contributed by atoms with Crippen molar-refractivity contribution in [2.24, 2.45) is 0 Å². The molecule has 0 N–H and O–H groups in total. The lowest BCUT2D eigenvalue weighted by atomic mass is 10.1. The number of Topliss-reactive ketones (excluding diaryl/α,β-unsaturated/α-hetero) is 2. The number of carbonyl (C=O) groups excluding carboxylic acids is 2. The molecule has 0 radical (unpaired) electrons. The van der Waals surface area contributed by atoms with Crippen LogP contribution in [0.1, 0.15) is 20.7 Å². The van der Waals surface area contributed by atoms with E-state index in [1.165, 1.54) is 25.3 Å². The Morgan fingerprint density at radius 2 is 1.88 bits per heavy atom. The first-order chi connectivity index (χ1) is 7.56. The van der Waals surface area contributed by atoms with E-state index in [1.807, 2.05) is 0 Å². The molecule has 0 saturated heterocycles. The molecule has 6 heteroatoms. The first-order valence-corrected chi connectivity index (χ1v) is 4.46. The Balaban J connectivity index is 2.55. The maximum absolute atomic E-state index is 11.6. The number of ether oxygens (including phenoxy) is 1. The van der Waals surface area contributed by atoms with Gasteiger partial charge in [-0.3, -0.25) is 19.7 Å². The third-order valence-electron chi connectivity index (χ3n) is 2.47. The average molecular weight is 221 g/mol. The highest BCUT2D eigenvalue weighted by atomic mass is 16.6. The summed E-state index contributed by atoms with van der Waals surface area (Å²) in [5, 5.41) is 10.6. The Labute approximate surface area is 90.0 Å². The molecular formula is C10H7NO5. The molecule has 1 aromatic carbocycles. The molecule has 1 atom stereocenters. The van der Waals surface area contributed by atoms with Crippen molar-refractivity contribution in [3.05, 3.63) is 39.4 Å². The van der Waals surface area contributed by atoms with Crippen LogP contribution >= 0.6 is 0 Å². The molecule has 2 rings (SSSR count). The predicted molar refractivity (Wildman–Crippen MR) is 52.4 cm³/mol. The molecule has 0 spiro atoms. The Kier molecular flexibility index (Phi) is 2.19. The van der Waals surface area contributed by atoms with Crippen molar-refractivity contribution >= 4 is 11.6 Å². The summed E-state index contributed by atoms with van der Waals surface area (Å²) in [7, 11) is 1.41. The first-order valence-electron chi connectivity index (χ1n) is 4.46. The van der Waals surface area contributed by atoms with E-state index in [0.29, 0.717) is 5.75 Å². The molecule has 0 fully saturated rings. The van der Waals surface area contributed by atoms with Crippen molar-refractivity contribution in [1.29, 1.82) is 0 Å². The second kappa shape index (κ2) is 3.41. The fourth-order valence-electron chi connectivity index (χ4n) is 1.67. The molecule has 1 unspecified atom stereocenters.